The van der Waals surface area contributed by atoms with Crippen LogP contribution in [0.5, 0.6) is 0 Å². The number of hydrogen-bond donors (Lipinski definition) is 3. The second-order valence-electron chi connectivity index (χ2n) is 39.2. The molecular weight excluding hydrogens is 1350 g/mol. The maximum Gasteiger partial charge on any atom is 0.231 e. The van der Waals surface area contributed by atoms with Crippen LogP contribution in [-0.2, 0) is 14.5 Å². The van der Waals surface area contributed by atoms with Crippen molar-refractivity contribution < 1.29 is 14.5 Å². The van der Waals surface area contributed by atoms with E-state index < -0.39 is 22.2 Å². The van der Waals surface area contributed by atoms with E-state index in [4.69, 9.17) is 94.2 Å². The maximum atomic E-state index is 7.43. The van der Waals surface area contributed by atoms with Gasteiger partial charge in [-0.05, 0) is 297 Å². The van der Waals surface area contributed by atoms with Crippen LogP contribution < -0.4 is 45.3 Å². The topological polar surface area (TPSA) is 209 Å². The molecule has 0 saturated carbocycles. The summed E-state index contributed by atoms with van der Waals surface area (Å²) in [6.45, 7) is 55.8. The summed E-state index contributed by atoms with van der Waals surface area (Å²) in [5, 5.41) is 18.6. The van der Waals surface area contributed by atoms with Gasteiger partial charge in [-0.15, -0.1) is 0 Å². The highest BCUT2D eigenvalue weighted by Gasteiger charge is 2.54. The summed E-state index contributed by atoms with van der Waals surface area (Å²) in [5.41, 5.74) is -3.22. The number of hydroxylamine groups is 6. The molecule has 0 spiro atoms. The Morgan fingerprint density at radius 2 is 0.578 bits per heavy atom. The van der Waals surface area contributed by atoms with Crippen molar-refractivity contribution in [2.24, 2.45) is 0 Å². The van der Waals surface area contributed by atoms with Gasteiger partial charge in [0.05, 0.1) is 21.3 Å². The molecule has 6 saturated heterocycles. The van der Waals surface area contributed by atoms with Crippen molar-refractivity contribution in [3.8, 4) is 0 Å². The molecule has 0 radical (unpaired) electrons. The van der Waals surface area contributed by atoms with Gasteiger partial charge in [-0.2, -0.15) is 60.0 Å². The Balaban J connectivity index is 1.22. The first kappa shape index (κ1) is 82.4. The molecule has 578 valence electrons. The van der Waals surface area contributed by atoms with Crippen LogP contribution in [0.3, 0.4) is 0 Å². The Morgan fingerprint density at radius 3 is 0.863 bits per heavy atom. The number of halogens is 3. The van der Waals surface area contributed by atoms with Gasteiger partial charge in [0.15, 0.2) is 0 Å². The normalized spacial score (nSPS) is 25.4. The van der Waals surface area contributed by atoms with Gasteiger partial charge in [-0.1, -0.05) is 0 Å². The van der Waals surface area contributed by atoms with Crippen LogP contribution >= 0.6 is 34.8 Å². The Labute approximate surface area is 629 Å². The van der Waals surface area contributed by atoms with Crippen molar-refractivity contribution in [1.82, 2.24) is 76.0 Å². The molecule has 27 heteroatoms. The zero-order valence-corrected chi connectivity index (χ0v) is 70.7. The smallest absolute Gasteiger partial charge is 0.231 e. The summed E-state index contributed by atoms with van der Waals surface area (Å²) in [6, 6.07) is -0.104. The molecule has 6 fully saturated rings. The van der Waals surface area contributed by atoms with E-state index in [0.29, 0.717) is 68.0 Å². The van der Waals surface area contributed by atoms with E-state index in [1.54, 1.807) is 21.3 Å². The van der Waals surface area contributed by atoms with Gasteiger partial charge in [0.25, 0.3) is 0 Å². The van der Waals surface area contributed by atoms with E-state index in [9.17, 15) is 0 Å². The van der Waals surface area contributed by atoms with Gasteiger partial charge in [-0.25, -0.2) is 0 Å². The first-order chi connectivity index (χ1) is 46.6. The molecule has 0 amide bonds. The molecule has 24 nitrogen and oxygen atoms in total. The SMILES string of the molecule is CON1C(C)(C)CC(N(CCCC(CCN(c2nc(Cl)nc(N(C)C3CC(C)(C)NC(C)(C)C3)n2)C2CC(C)(C)N(OC)C(C)(C)C2)N(c2nc(Cl)nc(N(C)C3CC(C)(C)NC(C)(C)C3)n2)C2CC(C)(C)N(OC)C(C)(C)C2)c2nc(Cl)nc(N(C)C3CC(C)(C)NC(C)(C)C3)n2)CC1(C)C. The zero-order valence-electron chi connectivity index (χ0n) is 68.5. The van der Waals surface area contributed by atoms with E-state index >= 15 is 0 Å². The van der Waals surface area contributed by atoms with Gasteiger partial charge in [0.2, 0.25) is 51.5 Å². The van der Waals surface area contributed by atoms with Crippen molar-refractivity contribution in [2.75, 3.05) is 85.0 Å². The van der Waals surface area contributed by atoms with Crippen molar-refractivity contribution in [1.29, 1.82) is 0 Å². The van der Waals surface area contributed by atoms with Crippen molar-refractivity contribution >= 4 is 70.5 Å². The number of anilines is 6. The van der Waals surface area contributed by atoms with Crippen LogP contribution in [0.25, 0.3) is 0 Å². The summed E-state index contributed by atoms with van der Waals surface area (Å²) in [4.78, 5) is 80.3. The van der Waals surface area contributed by atoms with Crippen LogP contribution in [0.4, 0.5) is 35.7 Å². The zero-order chi connectivity index (χ0) is 76.1. The molecule has 6 aliphatic heterocycles. The quantitative estimate of drug-likeness (QED) is 0.0806. The van der Waals surface area contributed by atoms with Gasteiger partial charge in [-0.3, -0.25) is 0 Å². The molecule has 9 heterocycles. The first-order valence-electron chi connectivity index (χ1n) is 37.8. The summed E-state index contributed by atoms with van der Waals surface area (Å²) < 4.78 is 0. The lowest BCUT2D eigenvalue weighted by Gasteiger charge is -2.56. The minimum absolute atomic E-state index is 0.0298. The molecule has 3 aromatic rings. The summed E-state index contributed by atoms with van der Waals surface area (Å²) in [6.07, 6.45) is 11.8. The third kappa shape index (κ3) is 18.9. The molecule has 1 atom stereocenters. The molecule has 9 rings (SSSR count). The van der Waals surface area contributed by atoms with Crippen molar-refractivity contribution in [2.45, 2.75) is 371 Å². The summed E-state index contributed by atoms with van der Waals surface area (Å²) >= 11 is 22.0. The molecule has 102 heavy (non-hydrogen) atoms. The van der Waals surface area contributed by atoms with E-state index in [-0.39, 0.29) is 102 Å². The van der Waals surface area contributed by atoms with Crippen LogP contribution in [0.2, 0.25) is 15.9 Å². The predicted molar refractivity (Wildman–Crippen MR) is 418 cm³/mol. The molecule has 0 bridgehead atoms. The summed E-state index contributed by atoms with van der Waals surface area (Å²) in [5.74, 6) is 3.27. The van der Waals surface area contributed by atoms with Crippen LogP contribution in [0, 0.1) is 0 Å². The lowest BCUT2D eigenvalue weighted by molar-refractivity contribution is -0.266. The number of nitrogens with zero attached hydrogens (tertiary/aromatic N) is 18. The third-order valence-electron chi connectivity index (χ3n) is 23.2. The fourth-order valence-electron chi connectivity index (χ4n) is 21.4. The van der Waals surface area contributed by atoms with Gasteiger partial charge < -0.3 is 59.9 Å². The second kappa shape index (κ2) is 29.4. The van der Waals surface area contributed by atoms with Crippen LogP contribution in [0.15, 0.2) is 0 Å². The highest BCUT2D eigenvalue weighted by Crippen LogP contribution is 2.47. The minimum Gasteiger partial charge on any atom is -0.341 e. The van der Waals surface area contributed by atoms with E-state index in [1.807, 2.05) is 0 Å². The van der Waals surface area contributed by atoms with Gasteiger partial charge >= 0.3 is 0 Å². The Hall–Kier alpha value is -3.66. The average molecular weight is 1480 g/mol. The largest absolute Gasteiger partial charge is 0.341 e. The van der Waals surface area contributed by atoms with Crippen LogP contribution in [0.1, 0.15) is 262 Å². The van der Waals surface area contributed by atoms with E-state index in [1.165, 1.54) is 0 Å². The number of nitrogens with one attached hydrogen (secondary N) is 3. The highest BCUT2D eigenvalue weighted by molar-refractivity contribution is 6.29. The molecule has 6 aliphatic rings. The predicted octanol–water partition coefficient (Wildman–Crippen LogP) is 13.5. The molecule has 0 aromatic carbocycles. The number of aromatic nitrogens is 9. The lowest BCUT2D eigenvalue weighted by Crippen LogP contribution is -2.65. The lowest BCUT2D eigenvalue weighted by atomic mass is 9.77. The maximum absolute atomic E-state index is 7.43. The number of piperidine rings is 6. The Morgan fingerprint density at radius 1 is 0.333 bits per heavy atom. The molecular formula is C75H134Cl3N21O3. The van der Waals surface area contributed by atoms with Crippen molar-refractivity contribution in [3.63, 3.8) is 0 Å². The van der Waals surface area contributed by atoms with E-state index in [0.717, 1.165) is 77.0 Å². The Bertz CT molecular complexity index is 3280. The molecule has 1 unspecified atom stereocenters. The standard InChI is InChI=1S/C75H134Cl3N21O3/c1-64(2)36-49(37-65(3,4)88-64)91(25)58-79-55(76)82-61(85-58)94(52-42-70(13,14)97(100-28)71(15,16)43-52)34-31-32-48(96(54-46-74(21,22)99(102-30)75(23,24)47-54)63-84-57(78)81-60(87-63)93(27)51-40-68(9,10)90-69(11,12)41-51)33-35-95(53-44-72(17,18)98(101-29)73(19,20)45-53)62-83-56(77)80-59(86-62)92(26)50-38-66(5,6)89-67(7,8)39-50/h48-54,88-90H,31-47H2,1-30H3. The molecule has 3 N–H and O–H groups in total. The highest BCUT2D eigenvalue weighted by atomic mass is 35.5. The average Bonchev–Trinajstić information content (AvgIpc) is 0.761. The minimum atomic E-state index is -0.440. The first-order valence-corrected chi connectivity index (χ1v) is 38.9. The number of rotatable bonds is 23. The Kier molecular flexibility index (Phi) is 23.7. The fourth-order valence-corrected chi connectivity index (χ4v) is 21.9. The van der Waals surface area contributed by atoms with Gasteiger partial charge in [0, 0.05) is 143 Å². The molecule has 0 aliphatic carbocycles. The van der Waals surface area contributed by atoms with Gasteiger partial charge in [0.1, 0.15) is 0 Å². The number of hydrogen-bond acceptors (Lipinski definition) is 24. The van der Waals surface area contributed by atoms with Crippen molar-refractivity contribution in [3.05, 3.63) is 15.9 Å². The molecule has 3 aromatic heterocycles. The summed E-state index contributed by atoms with van der Waals surface area (Å²) in [7, 11) is 11.7. The second-order valence-corrected chi connectivity index (χ2v) is 40.2. The fraction of sp³-hybridized carbons (Fsp3) is 0.880. The van der Waals surface area contributed by atoms with Crippen LogP contribution in [-0.4, -0.2) is 224 Å². The van der Waals surface area contributed by atoms with E-state index in [2.05, 4.69) is 248 Å². The monoisotopic (exact) mass is 1480 g/mol. The third-order valence-corrected chi connectivity index (χ3v) is 23.7.